The zero-order valence-electron chi connectivity index (χ0n) is 11.2. The third-order valence-corrected chi connectivity index (χ3v) is 13.9. The van der Waals surface area contributed by atoms with Gasteiger partial charge in [0.1, 0.15) is 0 Å². The molecule has 1 aliphatic rings. The van der Waals surface area contributed by atoms with E-state index in [4.69, 9.17) is 0 Å². The Kier molecular flexibility index (Phi) is 3.17. The third-order valence-electron chi connectivity index (χ3n) is 3.85. The fourth-order valence-corrected chi connectivity index (χ4v) is 17.3. The molecule has 1 nitrogen and oxygen atoms in total. The second kappa shape index (κ2) is 4.06. The van der Waals surface area contributed by atoms with E-state index in [1.165, 1.54) is 22.0 Å². The van der Waals surface area contributed by atoms with Gasteiger partial charge >= 0.3 is 111 Å². The van der Waals surface area contributed by atoms with Crippen LogP contribution in [0.15, 0.2) is 24.3 Å². The zero-order chi connectivity index (χ0) is 12.0. The zero-order valence-corrected chi connectivity index (χ0v) is 13.2. The van der Waals surface area contributed by atoms with Crippen molar-refractivity contribution in [1.82, 2.24) is 0 Å². The molecule has 1 fully saturated rings. The number of hydrogen-bond donors (Lipinski definition) is 0. The predicted octanol–water partition coefficient (Wildman–Crippen LogP) is 2.71. The van der Waals surface area contributed by atoms with Crippen molar-refractivity contribution in [2.45, 2.75) is 38.3 Å². The van der Waals surface area contributed by atoms with Crippen LogP contribution in [0.4, 0.5) is 5.69 Å². The Labute approximate surface area is 111 Å². The summed E-state index contributed by atoms with van der Waals surface area (Å²) in [4.78, 5) is 0. The molecule has 16 heavy (non-hydrogen) atoms. The summed E-state index contributed by atoms with van der Waals surface area (Å²) in [5.41, 5.74) is 1.48. The minimum atomic E-state index is -1.17. The third kappa shape index (κ3) is 2.19. The van der Waals surface area contributed by atoms with Gasteiger partial charge in [-0.1, -0.05) is 0 Å². The quantitative estimate of drug-likeness (QED) is 0.683. The standard InChI is InChI=1S/C12H20NSi2.Li/c1-14(2)10-11-15(3,4)13(14)12-8-6-5-7-9-12;/h6-9H,10-11H2,1-4H3;. The van der Waals surface area contributed by atoms with E-state index in [1.54, 1.807) is 0 Å². The van der Waals surface area contributed by atoms with Gasteiger partial charge in [-0.3, -0.25) is 0 Å². The van der Waals surface area contributed by atoms with E-state index in [1.807, 2.05) is 0 Å². The Hall–Kier alpha value is 0.0512. The van der Waals surface area contributed by atoms with Crippen LogP contribution in [0.5, 0.6) is 0 Å². The molecular weight excluding hydrogens is 221 g/mol. The summed E-state index contributed by atoms with van der Waals surface area (Å²) in [6.45, 7) is 10.1. The van der Waals surface area contributed by atoms with Gasteiger partial charge in [-0.05, 0) is 0 Å². The summed E-state index contributed by atoms with van der Waals surface area (Å²) >= 11 is 2.17. The molecule has 0 spiro atoms. The summed E-state index contributed by atoms with van der Waals surface area (Å²) in [7, 11) is -2.34. The molecule has 0 aliphatic carbocycles. The number of benzene rings is 1. The first kappa shape index (κ1) is 12.5. The van der Waals surface area contributed by atoms with Crippen molar-refractivity contribution in [3.05, 3.63) is 24.3 Å². The number of rotatable bonds is 1. The van der Waals surface area contributed by atoms with Gasteiger partial charge in [0.25, 0.3) is 0 Å². The van der Waals surface area contributed by atoms with Gasteiger partial charge in [-0.2, -0.15) is 0 Å². The Balaban J connectivity index is 2.41. The van der Waals surface area contributed by atoms with Crippen molar-refractivity contribution >= 4 is 44.1 Å². The molecule has 1 aromatic rings. The molecule has 1 aromatic carbocycles. The Morgan fingerprint density at radius 2 is 1.38 bits per heavy atom. The molecule has 0 N–H and O–H groups in total. The van der Waals surface area contributed by atoms with Crippen LogP contribution in [-0.2, 0) is 0 Å². The molecule has 82 valence electrons. The Bertz CT molecular complexity index is 371. The van der Waals surface area contributed by atoms with Gasteiger partial charge in [-0.25, -0.2) is 0 Å². The maximum atomic E-state index is 2.86. The molecule has 1 saturated heterocycles. The fraction of sp³-hybridized carbons (Fsp3) is 0.500. The van der Waals surface area contributed by atoms with Crippen LogP contribution < -0.4 is 8.47 Å². The maximum absolute atomic E-state index is 2.86. The first-order chi connectivity index (χ1) is 7.33. The second-order valence-corrected chi connectivity index (χ2v) is 15.9. The summed E-state index contributed by atoms with van der Waals surface area (Å²) in [6.07, 6.45) is 0. The van der Waals surface area contributed by atoms with E-state index >= 15 is 0 Å². The van der Waals surface area contributed by atoms with Crippen LogP contribution >= 0.6 is 0 Å². The number of nitrogens with zero attached hydrogens (tertiary/aromatic N) is 1. The molecule has 1 aliphatic heterocycles. The molecule has 1 heterocycles. The molecule has 4 heteroatoms. The molecule has 0 radical (unpaired) electrons. The molecule has 0 amide bonds. The van der Waals surface area contributed by atoms with Crippen molar-refractivity contribution in [2.24, 2.45) is 0 Å². The van der Waals surface area contributed by atoms with Crippen LogP contribution in [0.25, 0.3) is 0 Å². The summed E-state index contributed by atoms with van der Waals surface area (Å²) in [6, 6.07) is 12.1. The molecule has 0 unspecified atom stereocenters. The second-order valence-electron chi connectivity index (χ2n) is 6.30. The van der Waals surface area contributed by atoms with Crippen LogP contribution in [-0.4, -0.2) is 34.2 Å². The van der Waals surface area contributed by atoms with E-state index < -0.39 is 16.5 Å². The van der Waals surface area contributed by atoms with E-state index in [0.29, 0.717) is 0 Å². The van der Waals surface area contributed by atoms with E-state index in [2.05, 4.69) is 72.4 Å². The Morgan fingerprint density at radius 3 is 1.81 bits per heavy atom. The number of hydrogen-bond acceptors (Lipinski definition) is 1. The topological polar surface area (TPSA) is 3.24 Å². The molecule has 0 bridgehead atoms. The molecule has 0 atom stereocenters. The van der Waals surface area contributed by atoms with E-state index in [9.17, 15) is 0 Å². The normalized spacial score (nSPS) is 22.5. The summed E-state index contributed by atoms with van der Waals surface area (Å²) in [5, 5.41) is 0. The molecular formula is C12H20LiNSi2. The van der Waals surface area contributed by atoms with Gasteiger partial charge in [0, 0.05) is 0 Å². The summed E-state index contributed by atoms with van der Waals surface area (Å²) < 4.78 is 4.22. The first-order valence-corrected chi connectivity index (χ1v) is 12.5. The van der Waals surface area contributed by atoms with Crippen molar-refractivity contribution in [3.8, 4) is 0 Å². The van der Waals surface area contributed by atoms with Crippen LogP contribution in [0.2, 0.25) is 38.3 Å². The van der Waals surface area contributed by atoms with Gasteiger partial charge in [0.05, 0.1) is 0 Å². The average Bonchev–Trinajstić information content (AvgIpc) is 2.39. The fourth-order valence-electron chi connectivity index (χ4n) is 3.05. The van der Waals surface area contributed by atoms with Crippen molar-refractivity contribution in [1.29, 1.82) is 0 Å². The van der Waals surface area contributed by atoms with Gasteiger partial charge in [-0.15, -0.1) is 0 Å². The molecule has 2 rings (SSSR count). The van der Waals surface area contributed by atoms with Crippen LogP contribution in [0.1, 0.15) is 0 Å². The van der Waals surface area contributed by atoms with E-state index in [-0.39, 0.29) is 0 Å². The SMILES string of the molecule is [Li][c]1ccc(N2[Si](C)(C)CC[Si]2(C)C)cc1. The van der Waals surface area contributed by atoms with Gasteiger partial charge in [0.15, 0.2) is 0 Å². The Morgan fingerprint density at radius 1 is 0.938 bits per heavy atom. The van der Waals surface area contributed by atoms with Crippen molar-refractivity contribution in [3.63, 3.8) is 0 Å². The minimum absolute atomic E-state index is 1.17. The van der Waals surface area contributed by atoms with Crippen molar-refractivity contribution in [2.75, 3.05) is 4.23 Å². The van der Waals surface area contributed by atoms with E-state index in [0.717, 1.165) is 0 Å². The van der Waals surface area contributed by atoms with Crippen LogP contribution in [0.3, 0.4) is 0 Å². The predicted molar refractivity (Wildman–Crippen MR) is 78.9 cm³/mol. The van der Waals surface area contributed by atoms with Gasteiger partial charge in [0.2, 0.25) is 0 Å². The van der Waals surface area contributed by atoms with Gasteiger partial charge < -0.3 is 0 Å². The molecule has 0 saturated carbocycles. The first-order valence-electron chi connectivity index (χ1n) is 6.20. The van der Waals surface area contributed by atoms with Crippen molar-refractivity contribution < 1.29 is 0 Å². The van der Waals surface area contributed by atoms with Crippen LogP contribution in [0, 0.1) is 0 Å². The summed E-state index contributed by atoms with van der Waals surface area (Å²) in [5.74, 6) is 0. The monoisotopic (exact) mass is 241 g/mol. The number of anilines is 1. The average molecular weight is 241 g/mol. The molecule has 0 aromatic heterocycles.